The van der Waals surface area contributed by atoms with Crippen molar-refractivity contribution < 1.29 is 18.6 Å². The van der Waals surface area contributed by atoms with Gasteiger partial charge in [-0.15, -0.1) is 5.10 Å². The average Bonchev–Trinajstić information content (AvgIpc) is 3.32. The second-order valence-electron chi connectivity index (χ2n) is 6.89. The van der Waals surface area contributed by atoms with Gasteiger partial charge in [-0.1, -0.05) is 11.2 Å². The van der Waals surface area contributed by atoms with E-state index in [0.717, 1.165) is 12.0 Å². The molecular formula is C23H24N6O4. The highest BCUT2D eigenvalue weighted by atomic mass is 16.5. The van der Waals surface area contributed by atoms with Crippen LogP contribution in [0, 0.1) is 0 Å². The Bertz CT molecular complexity index is 1170. The normalized spacial score (nSPS) is 10.5. The zero-order valence-corrected chi connectivity index (χ0v) is 18.5. The number of benzene rings is 1. The molecule has 2 N–H and O–H groups in total. The van der Waals surface area contributed by atoms with Gasteiger partial charge in [0.25, 0.3) is 5.89 Å². The largest absolute Gasteiger partial charge is 0.493 e. The molecule has 0 aliphatic heterocycles. The molecule has 10 heteroatoms. The molecule has 0 saturated heterocycles. The maximum atomic E-state index is 5.85. The summed E-state index contributed by atoms with van der Waals surface area (Å²) in [6, 6.07) is 11.4. The van der Waals surface area contributed by atoms with Gasteiger partial charge in [-0.05, 0) is 30.2 Å². The highest BCUT2D eigenvalue weighted by Gasteiger charge is 2.17. The minimum absolute atomic E-state index is 0.212. The minimum Gasteiger partial charge on any atom is -0.493 e. The number of nitrogens with one attached hydrogen (secondary N) is 2. The summed E-state index contributed by atoms with van der Waals surface area (Å²) in [5.41, 5.74) is 2.48. The first-order valence-electron chi connectivity index (χ1n) is 10.2. The van der Waals surface area contributed by atoms with Crippen molar-refractivity contribution >= 4 is 17.5 Å². The Kier molecular flexibility index (Phi) is 6.84. The minimum atomic E-state index is 0.212. The van der Waals surface area contributed by atoms with Crippen LogP contribution >= 0.6 is 0 Å². The Morgan fingerprint density at radius 2 is 1.73 bits per heavy atom. The molecule has 0 fully saturated rings. The molecule has 0 bridgehead atoms. The topological polar surface area (TPSA) is 116 Å². The highest BCUT2D eigenvalue weighted by Crippen LogP contribution is 2.40. The van der Waals surface area contributed by atoms with Crippen LogP contribution in [-0.4, -0.2) is 48.0 Å². The summed E-state index contributed by atoms with van der Waals surface area (Å²) in [5, 5.41) is 14.7. The third-order valence-electron chi connectivity index (χ3n) is 4.81. The lowest BCUT2D eigenvalue weighted by atomic mass is 10.2. The third kappa shape index (κ3) is 5.12. The van der Waals surface area contributed by atoms with E-state index in [1.807, 2.05) is 30.5 Å². The van der Waals surface area contributed by atoms with Crippen LogP contribution < -0.4 is 24.8 Å². The molecule has 0 amide bonds. The van der Waals surface area contributed by atoms with E-state index in [2.05, 4.69) is 30.8 Å². The van der Waals surface area contributed by atoms with Gasteiger partial charge in [0.2, 0.25) is 5.75 Å². The summed E-state index contributed by atoms with van der Waals surface area (Å²) in [4.78, 5) is 8.56. The molecule has 0 unspecified atom stereocenters. The quantitative estimate of drug-likeness (QED) is 0.369. The zero-order chi connectivity index (χ0) is 23.0. The number of methoxy groups -OCH3 is 3. The van der Waals surface area contributed by atoms with Crippen molar-refractivity contribution in [1.82, 2.24) is 20.2 Å². The molecule has 0 aliphatic carbocycles. The van der Waals surface area contributed by atoms with Crippen LogP contribution in [0.3, 0.4) is 0 Å². The van der Waals surface area contributed by atoms with Crippen LogP contribution in [0.2, 0.25) is 0 Å². The summed E-state index contributed by atoms with van der Waals surface area (Å²) in [6.45, 7) is 0.681. The van der Waals surface area contributed by atoms with Crippen molar-refractivity contribution in [2.75, 3.05) is 38.5 Å². The third-order valence-corrected chi connectivity index (χ3v) is 4.81. The van der Waals surface area contributed by atoms with Crippen LogP contribution in [0.15, 0.2) is 59.4 Å². The summed E-state index contributed by atoms with van der Waals surface area (Å²) in [7, 11) is 4.66. The number of nitrogens with zero attached hydrogens (tertiary/aromatic N) is 4. The van der Waals surface area contributed by atoms with Crippen LogP contribution in [0.25, 0.3) is 11.5 Å². The second kappa shape index (κ2) is 10.3. The predicted molar refractivity (Wildman–Crippen MR) is 123 cm³/mol. The summed E-state index contributed by atoms with van der Waals surface area (Å²) in [5.74, 6) is 2.50. The van der Waals surface area contributed by atoms with Crippen LogP contribution in [0.4, 0.5) is 17.5 Å². The number of ether oxygens (including phenoxy) is 3. The van der Waals surface area contributed by atoms with Gasteiger partial charge in [0, 0.05) is 37.3 Å². The fourth-order valence-electron chi connectivity index (χ4n) is 3.25. The summed E-state index contributed by atoms with van der Waals surface area (Å²) in [6.07, 6.45) is 6.12. The van der Waals surface area contributed by atoms with Gasteiger partial charge in [-0.2, -0.15) is 0 Å². The molecule has 170 valence electrons. The summed E-state index contributed by atoms with van der Waals surface area (Å²) >= 11 is 0. The summed E-state index contributed by atoms with van der Waals surface area (Å²) < 4.78 is 22.0. The Labute approximate surface area is 191 Å². The number of anilines is 3. The zero-order valence-electron chi connectivity index (χ0n) is 18.5. The first-order valence-corrected chi connectivity index (χ1v) is 10.2. The average molecular weight is 448 g/mol. The van der Waals surface area contributed by atoms with Gasteiger partial charge in [0.15, 0.2) is 11.5 Å². The first kappa shape index (κ1) is 21.9. The molecule has 1 aromatic carbocycles. The Hall–Kier alpha value is -4.34. The molecule has 4 aromatic rings. The smallest absolute Gasteiger partial charge is 0.320 e. The molecule has 4 rings (SSSR count). The molecular weight excluding hydrogens is 424 g/mol. The van der Waals surface area contributed by atoms with Crippen LogP contribution in [0.5, 0.6) is 17.2 Å². The SMILES string of the molecule is COc1cc(Nc2nnc(-c3cccnc3NCCc3cccnc3)o2)cc(OC)c1OC. The molecule has 3 heterocycles. The molecule has 0 radical (unpaired) electrons. The number of hydrogen-bond acceptors (Lipinski definition) is 10. The second-order valence-corrected chi connectivity index (χ2v) is 6.89. The van der Waals surface area contributed by atoms with E-state index in [0.29, 0.717) is 46.8 Å². The van der Waals surface area contributed by atoms with Crippen molar-refractivity contribution in [3.63, 3.8) is 0 Å². The maximum Gasteiger partial charge on any atom is 0.320 e. The van der Waals surface area contributed by atoms with E-state index < -0.39 is 0 Å². The Balaban J connectivity index is 1.50. The van der Waals surface area contributed by atoms with E-state index in [4.69, 9.17) is 18.6 Å². The highest BCUT2D eigenvalue weighted by molar-refractivity contribution is 5.70. The number of pyridine rings is 2. The molecule has 0 saturated carbocycles. The fourth-order valence-corrected chi connectivity index (χ4v) is 3.25. The maximum absolute atomic E-state index is 5.85. The molecule has 10 nitrogen and oxygen atoms in total. The van der Waals surface area contributed by atoms with Gasteiger partial charge in [0.05, 0.1) is 32.6 Å². The van der Waals surface area contributed by atoms with E-state index in [9.17, 15) is 0 Å². The Morgan fingerprint density at radius 3 is 2.42 bits per heavy atom. The van der Waals surface area contributed by atoms with Gasteiger partial charge in [-0.25, -0.2) is 4.98 Å². The first-order chi connectivity index (χ1) is 16.2. The number of hydrogen-bond donors (Lipinski definition) is 2. The van der Waals surface area contributed by atoms with Crippen molar-refractivity contribution in [3.05, 3.63) is 60.6 Å². The fraction of sp³-hybridized carbons (Fsp3) is 0.217. The van der Waals surface area contributed by atoms with Gasteiger partial charge >= 0.3 is 6.01 Å². The van der Waals surface area contributed by atoms with Gasteiger partial charge < -0.3 is 29.3 Å². The van der Waals surface area contributed by atoms with Crippen LogP contribution in [-0.2, 0) is 6.42 Å². The van der Waals surface area contributed by atoms with E-state index in [-0.39, 0.29) is 6.01 Å². The van der Waals surface area contributed by atoms with Crippen LogP contribution in [0.1, 0.15) is 5.56 Å². The van der Waals surface area contributed by atoms with Gasteiger partial charge in [0.1, 0.15) is 5.82 Å². The monoisotopic (exact) mass is 448 g/mol. The Morgan fingerprint density at radius 1 is 0.939 bits per heavy atom. The lowest BCUT2D eigenvalue weighted by Crippen LogP contribution is -2.07. The van der Waals surface area contributed by atoms with Gasteiger partial charge in [-0.3, -0.25) is 4.98 Å². The van der Waals surface area contributed by atoms with E-state index in [1.54, 1.807) is 45.9 Å². The molecule has 0 spiro atoms. The molecule has 0 aliphatic rings. The molecule has 33 heavy (non-hydrogen) atoms. The van der Waals surface area contributed by atoms with E-state index in [1.165, 1.54) is 0 Å². The molecule has 3 aromatic heterocycles. The number of rotatable bonds is 10. The predicted octanol–water partition coefficient (Wildman–Crippen LogP) is 3.95. The van der Waals surface area contributed by atoms with Crippen molar-refractivity contribution in [3.8, 4) is 28.7 Å². The lowest BCUT2D eigenvalue weighted by Gasteiger charge is -2.13. The van der Waals surface area contributed by atoms with Crippen molar-refractivity contribution in [1.29, 1.82) is 0 Å². The standard InChI is InChI=1S/C23H24N6O4/c1-30-18-12-16(13-19(31-2)20(18)32-3)27-23-29-28-22(33-23)17-7-5-10-25-21(17)26-11-8-15-6-4-9-24-14-15/h4-7,9-10,12-14H,8,11H2,1-3H3,(H,25,26)(H,27,29). The van der Waals surface area contributed by atoms with E-state index >= 15 is 0 Å². The molecule has 0 atom stereocenters. The van der Waals surface area contributed by atoms with Crippen molar-refractivity contribution in [2.24, 2.45) is 0 Å². The lowest BCUT2D eigenvalue weighted by molar-refractivity contribution is 0.324. The number of aromatic nitrogens is 4. The van der Waals surface area contributed by atoms with Crippen molar-refractivity contribution in [2.45, 2.75) is 6.42 Å².